The maximum absolute atomic E-state index is 13.4. The number of aliphatic carboxylic acids is 1. The molecule has 1 amide bonds. The van der Waals surface area contributed by atoms with Gasteiger partial charge in [0.1, 0.15) is 0 Å². The van der Waals surface area contributed by atoms with Crippen molar-refractivity contribution in [3.05, 3.63) is 0 Å². The van der Waals surface area contributed by atoms with Crippen LogP contribution in [0.5, 0.6) is 0 Å². The molecule has 2 aliphatic heterocycles. The molecule has 0 aromatic heterocycles. The zero-order valence-electron chi connectivity index (χ0n) is 20.1. The summed E-state index contributed by atoms with van der Waals surface area (Å²) in [6.07, 6.45) is 11.0. The van der Waals surface area contributed by atoms with Gasteiger partial charge in [-0.25, -0.2) is 0 Å². The van der Waals surface area contributed by atoms with Crippen LogP contribution in [-0.4, -0.2) is 83.2 Å². The number of nitrogens with zero attached hydrogens (tertiary/aromatic N) is 2. The second-order valence-corrected chi connectivity index (χ2v) is 9.56. The van der Waals surface area contributed by atoms with E-state index in [0.717, 1.165) is 77.3 Å². The highest BCUT2D eigenvalue weighted by Gasteiger charge is 2.34. The minimum atomic E-state index is -0.930. The van der Waals surface area contributed by atoms with Gasteiger partial charge in [-0.05, 0) is 51.4 Å². The lowest BCUT2D eigenvalue weighted by atomic mass is 9.93. The Balaban J connectivity index is 0.00000289. The van der Waals surface area contributed by atoms with Crippen LogP contribution in [0, 0.1) is 5.41 Å². The number of carbonyl (C=O) groups excluding carboxylic acids is 1. The van der Waals surface area contributed by atoms with E-state index in [-0.39, 0.29) is 61.3 Å². The summed E-state index contributed by atoms with van der Waals surface area (Å²) in [5.41, 5.74) is 5.56. The molecule has 5 N–H and O–H groups in total. The van der Waals surface area contributed by atoms with Gasteiger partial charge < -0.3 is 30.7 Å². The van der Waals surface area contributed by atoms with Crippen LogP contribution >= 0.6 is 24.8 Å². The summed E-state index contributed by atoms with van der Waals surface area (Å²) in [5, 5.41) is 20.3. The summed E-state index contributed by atoms with van der Waals surface area (Å²) >= 11 is 0. The van der Waals surface area contributed by atoms with E-state index in [1.54, 1.807) is 0 Å². The molecule has 1 unspecified atom stereocenters. The lowest BCUT2D eigenvalue weighted by Gasteiger charge is -2.39. The van der Waals surface area contributed by atoms with E-state index in [1.807, 2.05) is 9.80 Å². The average Bonchev–Trinajstić information content (AvgIpc) is 2.79. The second-order valence-electron chi connectivity index (χ2n) is 9.56. The van der Waals surface area contributed by atoms with Crippen LogP contribution in [0.1, 0.15) is 77.0 Å². The molecule has 3 fully saturated rings. The largest absolute Gasteiger partial charge is 0.481 e. The number of nitrogens with one attached hydrogen (secondary N) is 2. The van der Waals surface area contributed by atoms with Gasteiger partial charge in [0.15, 0.2) is 5.96 Å². The summed E-state index contributed by atoms with van der Waals surface area (Å²) < 4.78 is 6.10. The number of carboxylic acid groups (broad SMARTS) is 1. The van der Waals surface area contributed by atoms with Crippen molar-refractivity contribution in [3.8, 4) is 0 Å². The van der Waals surface area contributed by atoms with Gasteiger partial charge in [0.05, 0.1) is 18.6 Å². The quantitative estimate of drug-likeness (QED) is 0.269. The third kappa shape index (κ3) is 9.40. The fourth-order valence-corrected chi connectivity index (χ4v) is 5.37. The molecule has 2 saturated heterocycles. The molecule has 198 valence electrons. The van der Waals surface area contributed by atoms with Gasteiger partial charge in [-0.3, -0.25) is 15.0 Å². The summed E-state index contributed by atoms with van der Waals surface area (Å²) in [6, 6.07) is -0.296. The minimum Gasteiger partial charge on any atom is -0.481 e. The molecule has 1 aliphatic carbocycles. The number of ether oxygens (including phenoxy) is 1. The van der Waals surface area contributed by atoms with Crippen molar-refractivity contribution >= 4 is 42.7 Å². The van der Waals surface area contributed by atoms with Crippen LogP contribution in [0.4, 0.5) is 0 Å². The first kappa shape index (κ1) is 30.7. The van der Waals surface area contributed by atoms with Crippen LogP contribution in [-0.2, 0) is 14.3 Å². The predicted molar refractivity (Wildman–Crippen MR) is 137 cm³/mol. The highest BCUT2D eigenvalue weighted by atomic mass is 35.5. The normalized spacial score (nSPS) is 22.9. The molecule has 0 aromatic rings. The standard InChI is InChI=1S/C23H41N5O4.2ClH/c24-23(25)27-13-9-19(10-14-27)32-15-11-18-8-4-5-12-28(18)22(31)20(16-21(29)30)26-17-6-2-1-3-7-17;;/h17-20,26H,1-16H2,(H3,24,25)(H,29,30);2*1H/t18?,20-;;/m0../s1. The van der Waals surface area contributed by atoms with Crippen molar-refractivity contribution in [3.63, 3.8) is 0 Å². The van der Waals surface area contributed by atoms with E-state index >= 15 is 0 Å². The van der Waals surface area contributed by atoms with Crippen LogP contribution in [0.2, 0.25) is 0 Å². The lowest BCUT2D eigenvalue weighted by Crippen LogP contribution is -2.55. The molecule has 0 aromatic carbocycles. The van der Waals surface area contributed by atoms with Crippen molar-refractivity contribution in [2.45, 2.75) is 101 Å². The maximum atomic E-state index is 13.4. The maximum Gasteiger partial charge on any atom is 0.305 e. The first-order valence-electron chi connectivity index (χ1n) is 12.4. The predicted octanol–water partition coefficient (Wildman–Crippen LogP) is 2.74. The number of carboxylic acids is 1. The van der Waals surface area contributed by atoms with E-state index in [1.165, 1.54) is 6.42 Å². The van der Waals surface area contributed by atoms with Crippen LogP contribution < -0.4 is 11.1 Å². The number of likely N-dealkylation sites (tertiary alicyclic amines) is 2. The van der Waals surface area contributed by atoms with E-state index in [0.29, 0.717) is 13.2 Å². The van der Waals surface area contributed by atoms with Crippen LogP contribution in [0.15, 0.2) is 0 Å². The molecule has 9 nitrogen and oxygen atoms in total. The number of rotatable bonds is 9. The van der Waals surface area contributed by atoms with Gasteiger partial charge in [-0.2, -0.15) is 0 Å². The molecular weight excluding hydrogens is 481 g/mol. The molecule has 34 heavy (non-hydrogen) atoms. The molecule has 1 saturated carbocycles. The lowest BCUT2D eigenvalue weighted by molar-refractivity contribution is -0.145. The van der Waals surface area contributed by atoms with Crippen molar-refractivity contribution in [1.82, 2.24) is 15.1 Å². The Labute approximate surface area is 215 Å². The molecule has 3 aliphatic rings. The molecule has 0 radical (unpaired) electrons. The molecule has 0 bridgehead atoms. The zero-order valence-corrected chi connectivity index (χ0v) is 21.7. The van der Waals surface area contributed by atoms with E-state index in [4.69, 9.17) is 15.9 Å². The number of halogens is 2. The number of guanidine groups is 1. The minimum absolute atomic E-state index is 0. The van der Waals surface area contributed by atoms with Gasteiger partial charge >= 0.3 is 5.97 Å². The number of amides is 1. The van der Waals surface area contributed by atoms with Gasteiger partial charge in [0.2, 0.25) is 5.91 Å². The van der Waals surface area contributed by atoms with E-state index in [2.05, 4.69) is 5.32 Å². The van der Waals surface area contributed by atoms with E-state index in [9.17, 15) is 14.7 Å². The van der Waals surface area contributed by atoms with Gasteiger partial charge in [-0.1, -0.05) is 19.3 Å². The monoisotopic (exact) mass is 523 g/mol. The first-order valence-corrected chi connectivity index (χ1v) is 12.4. The summed E-state index contributed by atoms with van der Waals surface area (Å²) in [6.45, 7) is 2.79. The van der Waals surface area contributed by atoms with Gasteiger partial charge in [0.25, 0.3) is 0 Å². The Morgan fingerprint density at radius 2 is 1.65 bits per heavy atom. The fourth-order valence-electron chi connectivity index (χ4n) is 5.37. The Morgan fingerprint density at radius 1 is 1.00 bits per heavy atom. The van der Waals surface area contributed by atoms with Crippen LogP contribution in [0.25, 0.3) is 0 Å². The molecular formula is C23H43Cl2N5O4. The number of piperidine rings is 2. The number of carbonyl (C=O) groups is 2. The topological polar surface area (TPSA) is 132 Å². The molecule has 3 rings (SSSR count). The van der Waals surface area contributed by atoms with Gasteiger partial charge in [0, 0.05) is 38.3 Å². The van der Waals surface area contributed by atoms with Crippen molar-refractivity contribution in [2.24, 2.45) is 5.73 Å². The smallest absolute Gasteiger partial charge is 0.305 e. The van der Waals surface area contributed by atoms with Crippen molar-refractivity contribution < 1.29 is 19.4 Å². The Kier molecular flexibility index (Phi) is 14.2. The second kappa shape index (κ2) is 15.7. The fraction of sp³-hybridized carbons (Fsp3) is 0.870. The van der Waals surface area contributed by atoms with Gasteiger partial charge in [-0.15, -0.1) is 24.8 Å². The Bertz CT molecular complexity index is 643. The number of hydrogen-bond donors (Lipinski definition) is 4. The third-order valence-electron chi connectivity index (χ3n) is 7.22. The summed E-state index contributed by atoms with van der Waals surface area (Å²) in [7, 11) is 0. The Hall–Kier alpha value is -1.29. The first-order chi connectivity index (χ1) is 15.4. The summed E-state index contributed by atoms with van der Waals surface area (Å²) in [4.78, 5) is 28.7. The van der Waals surface area contributed by atoms with Crippen molar-refractivity contribution in [2.75, 3.05) is 26.2 Å². The summed E-state index contributed by atoms with van der Waals surface area (Å²) in [5.74, 6) is -0.865. The Morgan fingerprint density at radius 3 is 2.26 bits per heavy atom. The molecule has 11 heteroatoms. The van der Waals surface area contributed by atoms with Crippen LogP contribution in [0.3, 0.4) is 0 Å². The third-order valence-corrected chi connectivity index (χ3v) is 7.22. The molecule has 2 atom stereocenters. The van der Waals surface area contributed by atoms with E-state index < -0.39 is 12.0 Å². The number of hydrogen-bond acceptors (Lipinski definition) is 5. The zero-order chi connectivity index (χ0) is 22.9. The highest BCUT2D eigenvalue weighted by Crippen LogP contribution is 2.24. The molecule has 0 spiro atoms. The molecule has 2 heterocycles. The van der Waals surface area contributed by atoms with Crippen molar-refractivity contribution in [1.29, 1.82) is 5.41 Å². The number of nitrogens with two attached hydrogens (primary N) is 1. The highest BCUT2D eigenvalue weighted by molar-refractivity contribution is 5.86. The SMILES string of the molecule is Cl.Cl.N=C(N)N1CCC(OCCC2CCCCN2C(=O)[C@H](CC(=O)O)NC2CCCCC2)CC1. The average molecular weight is 525 g/mol.